The van der Waals surface area contributed by atoms with Gasteiger partial charge in [0.15, 0.2) is 18.1 Å². The molecule has 0 radical (unpaired) electrons. The molecule has 0 unspecified atom stereocenters. The summed E-state index contributed by atoms with van der Waals surface area (Å²) in [6, 6.07) is 8.10. The normalized spacial score (nSPS) is 12.3. The third-order valence-electron chi connectivity index (χ3n) is 3.85. The Kier molecular flexibility index (Phi) is 5.71. The van der Waals surface area contributed by atoms with E-state index < -0.39 is 18.5 Å². The van der Waals surface area contributed by atoms with Crippen LogP contribution in [0.1, 0.15) is 15.9 Å². The number of hydrogen-bond donors (Lipinski definition) is 1. The molecule has 1 aliphatic rings. The summed E-state index contributed by atoms with van der Waals surface area (Å²) in [5.74, 6) is 0.0358. The first-order valence-electron chi connectivity index (χ1n) is 8.18. The summed E-state index contributed by atoms with van der Waals surface area (Å²) in [6.07, 6.45) is 0. The van der Waals surface area contributed by atoms with Crippen molar-refractivity contribution < 1.29 is 28.5 Å². The van der Waals surface area contributed by atoms with Crippen LogP contribution in [0, 0.1) is 6.92 Å². The molecule has 2 aromatic carbocycles. The van der Waals surface area contributed by atoms with Gasteiger partial charge in [0.2, 0.25) is 5.75 Å². The fourth-order valence-corrected chi connectivity index (χ4v) is 2.65. The lowest BCUT2D eigenvalue weighted by Crippen LogP contribution is -2.21. The molecule has 1 heterocycles. The highest BCUT2D eigenvalue weighted by molar-refractivity contribution is 6.31. The van der Waals surface area contributed by atoms with Crippen molar-refractivity contribution in [2.24, 2.45) is 0 Å². The minimum absolute atomic E-state index is 0.197. The van der Waals surface area contributed by atoms with E-state index in [4.69, 9.17) is 30.5 Å². The topological polar surface area (TPSA) is 83.1 Å². The largest absolute Gasteiger partial charge is 0.493 e. The Balaban J connectivity index is 1.63. The Labute approximate surface area is 161 Å². The fraction of sp³-hybridized carbons (Fsp3) is 0.263. The van der Waals surface area contributed by atoms with Crippen molar-refractivity contribution in [3.8, 4) is 17.2 Å². The molecule has 0 bridgehead atoms. The van der Waals surface area contributed by atoms with Gasteiger partial charge in [-0.2, -0.15) is 0 Å². The maximum Gasteiger partial charge on any atom is 0.338 e. The highest BCUT2D eigenvalue weighted by Gasteiger charge is 2.22. The molecule has 7 nitrogen and oxygen atoms in total. The molecule has 3 rings (SSSR count). The minimum Gasteiger partial charge on any atom is -0.493 e. The second kappa shape index (κ2) is 8.18. The Hall–Kier alpha value is -2.93. The van der Waals surface area contributed by atoms with Gasteiger partial charge in [-0.05, 0) is 36.8 Å². The van der Waals surface area contributed by atoms with E-state index in [0.29, 0.717) is 41.2 Å². The smallest absolute Gasteiger partial charge is 0.338 e. The number of ether oxygens (including phenoxy) is 4. The number of hydrogen-bond acceptors (Lipinski definition) is 6. The lowest BCUT2D eigenvalue weighted by Gasteiger charge is -2.21. The van der Waals surface area contributed by atoms with E-state index in [-0.39, 0.29) is 5.56 Å². The van der Waals surface area contributed by atoms with Crippen LogP contribution in [0.15, 0.2) is 30.3 Å². The molecule has 0 aliphatic carbocycles. The third-order valence-corrected chi connectivity index (χ3v) is 4.26. The van der Waals surface area contributed by atoms with Gasteiger partial charge in [0.05, 0.1) is 12.7 Å². The molecule has 0 spiro atoms. The average Bonchev–Trinajstić information content (AvgIpc) is 2.68. The molecule has 1 aliphatic heterocycles. The van der Waals surface area contributed by atoms with Gasteiger partial charge in [0.1, 0.15) is 13.2 Å². The molecule has 1 N–H and O–H groups in total. The Morgan fingerprint density at radius 2 is 1.96 bits per heavy atom. The highest BCUT2D eigenvalue weighted by atomic mass is 35.5. The maximum absolute atomic E-state index is 12.3. The number of nitrogens with one attached hydrogen (secondary N) is 1. The van der Waals surface area contributed by atoms with Gasteiger partial charge in [0.25, 0.3) is 5.91 Å². The molecular formula is C19H18ClNO6. The van der Waals surface area contributed by atoms with Crippen LogP contribution in [0.2, 0.25) is 5.02 Å². The van der Waals surface area contributed by atoms with Crippen LogP contribution >= 0.6 is 11.6 Å². The molecule has 2 aromatic rings. The second-order valence-corrected chi connectivity index (χ2v) is 6.20. The fourth-order valence-electron chi connectivity index (χ4n) is 2.47. The summed E-state index contributed by atoms with van der Waals surface area (Å²) in [4.78, 5) is 24.3. The number of fused-ring (bicyclic) bond motifs is 1. The Morgan fingerprint density at radius 3 is 2.70 bits per heavy atom. The van der Waals surface area contributed by atoms with Crippen molar-refractivity contribution in [1.29, 1.82) is 0 Å². The van der Waals surface area contributed by atoms with Gasteiger partial charge in [-0.1, -0.05) is 17.7 Å². The van der Waals surface area contributed by atoms with Crippen LogP contribution in [0.5, 0.6) is 17.2 Å². The summed E-state index contributed by atoms with van der Waals surface area (Å²) in [5, 5.41) is 3.15. The summed E-state index contributed by atoms with van der Waals surface area (Å²) < 4.78 is 21.3. The van der Waals surface area contributed by atoms with E-state index in [0.717, 1.165) is 5.56 Å². The van der Waals surface area contributed by atoms with Crippen molar-refractivity contribution >= 4 is 29.2 Å². The number of methoxy groups -OCH3 is 1. The maximum atomic E-state index is 12.3. The van der Waals surface area contributed by atoms with Crippen LogP contribution in [-0.2, 0) is 9.53 Å². The van der Waals surface area contributed by atoms with Crippen LogP contribution < -0.4 is 19.5 Å². The van der Waals surface area contributed by atoms with Gasteiger partial charge in [0, 0.05) is 10.7 Å². The van der Waals surface area contributed by atoms with Crippen molar-refractivity contribution in [3.63, 3.8) is 0 Å². The number of benzene rings is 2. The lowest BCUT2D eigenvalue weighted by atomic mass is 10.1. The zero-order valence-electron chi connectivity index (χ0n) is 14.8. The zero-order valence-corrected chi connectivity index (χ0v) is 15.6. The van der Waals surface area contributed by atoms with E-state index in [1.54, 1.807) is 18.2 Å². The molecular weight excluding hydrogens is 374 g/mol. The number of anilines is 1. The number of aryl methyl sites for hydroxylation is 1. The number of amides is 1. The quantitative estimate of drug-likeness (QED) is 0.788. The van der Waals surface area contributed by atoms with Gasteiger partial charge in [-0.15, -0.1) is 0 Å². The molecule has 142 valence electrons. The summed E-state index contributed by atoms with van der Waals surface area (Å²) in [7, 11) is 1.46. The molecule has 0 atom stereocenters. The van der Waals surface area contributed by atoms with Gasteiger partial charge in [-0.3, -0.25) is 4.79 Å². The van der Waals surface area contributed by atoms with Crippen molar-refractivity contribution in [1.82, 2.24) is 0 Å². The Bertz CT molecular complexity index is 865. The number of carbonyl (C=O) groups excluding carboxylic acids is 2. The number of esters is 1. The molecule has 8 heteroatoms. The minimum atomic E-state index is -0.678. The molecule has 27 heavy (non-hydrogen) atoms. The van der Waals surface area contributed by atoms with E-state index in [2.05, 4.69) is 5.32 Å². The molecule has 1 amide bonds. The first-order valence-corrected chi connectivity index (χ1v) is 8.56. The van der Waals surface area contributed by atoms with E-state index in [9.17, 15) is 9.59 Å². The van der Waals surface area contributed by atoms with Crippen molar-refractivity contribution in [2.45, 2.75) is 6.92 Å². The van der Waals surface area contributed by atoms with E-state index in [1.165, 1.54) is 19.2 Å². The van der Waals surface area contributed by atoms with E-state index >= 15 is 0 Å². The highest BCUT2D eigenvalue weighted by Crippen LogP contribution is 2.40. The van der Waals surface area contributed by atoms with E-state index in [1.807, 2.05) is 6.92 Å². The van der Waals surface area contributed by atoms with Crippen LogP contribution in [0.4, 0.5) is 5.69 Å². The first kappa shape index (κ1) is 18.8. The molecule has 0 aromatic heterocycles. The number of halogens is 1. The van der Waals surface area contributed by atoms with Gasteiger partial charge in [-0.25, -0.2) is 4.79 Å². The lowest BCUT2D eigenvalue weighted by molar-refractivity contribution is -0.119. The number of carbonyl (C=O) groups is 2. The second-order valence-electron chi connectivity index (χ2n) is 5.79. The molecule has 0 saturated carbocycles. The standard InChI is InChI=1S/C19H18ClNO6/c1-11-3-4-13(9-14(11)20)21-17(22)10-27-19(23)12-7-15(24-2)18-16(8-12)25-5-6-26-18/h3-4,7-9H,5-6,10H2,1-2H3,(H,21,22). The van der Waals surface area contributed by atoms with Crippen molar-refractivity contribution in [3.05, 3.63) is 46.5 Å². The first-order chi connectivity index (χ1) is 13.0. The summed E-state index contributed by atoms with van der Waals surface area (Å²) >= 11 is 6.02. The van der Waals surface area contributed by atoms with Crippen LogP contribution in [0.25, 0.3) is 0 Å². The monoisotopic (exact) mass is 391 g/mol. The van der Waals surface area contributed by atoms with Crippen LogP contribution in [0.3, 0.4) is 0 Å². The van der Waals surface area contributed by atoms with Gasteiger partial charge < -0.3 is 24.3 Å². The summed E-state index contributed by atoms with van der Waals surface area (Å²) in [5.41, 5.74) is 1.61. The predicted molar refractivity (Wildman–Crippen MR) is 99.1 cm³/mol. The average molecular weight is 392 g/mol. The third kappa shape index (κ3) is 4.43. The zero-order chi connectivity index (χ0) is 19.4. The Morgan fingerprint density at radius 1 is 1.19 bits per heavy atom. The van der Waals surface area contributed by atoms with Crippen LogP contribution in [-0.4, -0.2) is 38.8 Å². The molecule has 0 saturated heterocycles. The number of rotatable bonds is 5. The van der Waals surface area contributed by atoms with Crippen molar-refractivity contribution in [2.75, 3.05) is 32.2 Å². The van der Waals surface area contributed by atoms with Gasteiger partial charge >= 0.3 is 5.97 Å². The predicted octanol–water partition coefficient (Wildman–Crippen LogP) is 3.22. The molecule has 0 fully saturated rings. The summed E-state index contributed by atoms with van der Waals surface area (Å²) in [6.45, 7) is 2.19. The SMILES string of the molecule is COc1cc(C(=O)OCC(=O)Nc2ccc(C)c(Cl)c2)cc2c1OCCO2.